The molecule has 0 radical (unpaired) electrons. The molecule has 1 aromatic rings. The van der Waals surface area contributed by atoms with Crippen LogP contribution in [0.3, 0.4) is 0 Å². The van der Waals surface area contributed by atoms with Crippen LogP contribution in [0.25, 0.3) is 0 Å². The van der Waals surface area contributed by atoms with Crippen molar-refractivity contribution >= 4 is 17.7 Å². The normalized spacial score (nSPS) is 19.6. The Morgan fingerprint density at radius 1 is 1.19 bits per heavy atom. The summed E-state index contributed by atoms with van der Waals surface area (Å²) in [5.74, 6) is 7.67. The standard InChI is InChI=1S/C21H29ClN2O2/c1-4-15-23(2)16-5-6-17-7-11-19(12-8-17)24(3)21(25)26-20-13-9-18(22)10-14-20/h9-10,13-14,17,19H,4,7-8,11-12,15-16H2,1-3H3/t17-,19-. The molecule has 0 unspecified atom stereocenters. The number of rotatable bonds is 5. The maximum atomic E-state index is 12.3. The summed E-state index contributed by atoms with van der Waals surface area (Å²) < 4.78 is 5.42. The lowest BCUT2D eigenvalue weighted by Gasteiger charge is -2.32. The zero-order valence-corrected chi connectivity index (χ0v) is 16.8. The van der Waals surface area contributed by atoms with Crippen LogP contribution in [-0.2, 0) is 0 Å². The summed E-state index contributed by atoms with van der Waals surface area (Å²) in [6.45, 7) is 4.10. The Bertz CT molecular complexity index is 628. The highest BCUT2D eigenvalue weighted by molar-refractivity contribution is 6.30. The zero-order chi connectivity index (χ0) is 18.9. The average molecular weight is 377 g/mol. The van der Waals surface area contributed by atoms with Crippen molar-refractivity contribution in [3.63, 3.8) is 0 Å². The van der Waals surface area contributed by atoms with E-state index in [1.165, 1.54) is 0 Å². The third-order valence-corrected chi connectivity index (χ3v) is 5.06. The number of carbonyl (C=O) groups is 1. The number of halogens is 1. The van der Waals surface area contributed by atoms with Gasteiger partial charge in [0.15, 0.2) is 0 Å². The van der Waals surface area contributed by atoms with E-state index in [1.54, 1.807) is 29.2 Å². The van der Waals surface area contributed by atoms with Gasteiger partial charge in [-0.25, -0.2) is 4.79 Å². The highest BCUT2D eigenvalue weighted by atomic mass is 35.5. The lowest BCUT2D eigenvalue weighted by atomic mass is 9.86. The lowest BCUT2D eigenvalue weighted by molar-refractivity contribution is 0.129. The molecule has 4 nitrogen and oxygen atoms in total. The molecule has 0 atom stereocenters. The van der Waals surface area contributed by atoms with Crippen molar-refractivity contribution in [2.24, 2.45) is 5.92 Å². The second-order valence-corrected chi connectivity index (χ2v) is 7.43. The van der Waals surface area contributed by atoms with Crippen LogP contribution in [0.1, 0.15) is 39.0 Å². The van der Waals surface area contributed by atoms with Crippen molar-refractivity contribution in [1.82, 2.24) is 9.80 Å². The summed E-state index contributed by atoms with van der Waals surface area (Å²) in [4.78, 5) is 16.3. The van der Waals surface area contributed by atoms with Crippen molar-refractivity contribution < 1.29 is 9.53 Å². The Hall–Kier alpha value is -1.70. The molecule has 0 bridgehead atoms. The zero-order valence-electron chi connectivity index (χ0n) is 16.0. The van der Waals surface area contributed by atoms with E-state index >= 15 is 0 Å². The van der Waals surface area contributed by atoms with Crippen LogP contribution in [0.4, 0.5) is 4.79 Å². The molecular weight excluding hydrogens is 348 g/mol. The fraction of sp³-hybridized carbons (Fsp3) is 0.571. The molecule has 2 rings (SSSR count). The van der Waals surface area contributed by atoms with Crippen LogP contribution >= 0.6 is 11.6 Å². The first-order valence-electron chi connectivity index (χ1n) is 9.36. The molecule has 1 aromatic carbocycles. The Morgan fingerprint density at radius 3 is 2.46 bits per heavy atom. The highest BCUT2D eigenvalue weighted by Crippen LogP contribution is 2.27. The molecule has 0 N–H and O–H groups in total. The monoisotopic (exact) mass is 376 g/mol. The molecule has 1 fully saturated rings. The molecule has 142 valence electrons. The van der Waals surface area contributed by atoms with Gasteiger partial charge >= 0.3 is 6.09 Å². The lowest BCUT2D eigenvalue weighted by Crippen LogP contribution is -2.40. The van der Waals surface area contributed by atoms with Crippen LogP contribution in [0.5, 0.6) is 5.75 Å². The molecule has 0 spiro atoms. The van der Waals surface area contributed by atoms with Gasteiger partial charge in [0, 0.05) is 24.0 Å². The third-order valence-electron chi connectivity index (χ3n) is 4.81. The molecule has 0 aliphatic heterocycles. The van der Waals surface area contributed by atoms with Crippen LogP contribution in [0.2, 0.25) is 5.02 Å². The quantitative estimate of drug-likeness (QED) is 0.700. The first kappa shape index (κ1) is 20.6. The van der Waals surface area contributed by atoms with Crippen molar-refractivity contribution in [2.45, 2.75) is 45.1 Å². The maximum absolute atomic E-state index is 12.3. The molecule has 1 aliphatic rings. The fourth-order valence-corrected chi connectivity index (χ4v) is 3.34. The van der Waals surface area contributed by atoms with Crippen LogP contribution in [-0.4, -0.2) is 49.1 Å². The molecule has 1 saturated carbocycles. The first-order chi connectivity index (χ1) is 12.5. The minimum absolute atomic E-state index is 0.218. The van der Waals surface area contributed by atoms with Gasteiger partial charge in [0.1, 0.15) is 5.75 Å². The minimum atomic E-state index is -0.317. The molecular formula is C21H29ClN2O2. The van der Waals surface area contributed by atoms with E-state index < -0.39 is 0 Å². The van der Waals surface area contributed by atoms with Gasteiger partial charge in [-0.2, -0.15) is 0 Å². The third kappa shape index (κ3) is 6.55. The Balaban J connectivity index is 1.76. The van der Waals surface area contributed by atoms with Crippen molar-refractivity contribution in [3.8, 4) is 17.6 Å². The summed E-state index contributed by atoms with van der Waals surface area (Å²) in [6.07, 6.45) is 4.85. The molecule has 1 amide bonds. The number of benzene rings is 1. The van der Waals surface area contributed by atoms with Gasteiger partial charge < -0.3 is 9.64 Å². The van der Waals surface area contributed by atoms with E-state index in [4.69, 9.17) is 16.3 Å². The van der Waals surface area contributed by atoms with Crippen molar-refractivity contribution in [1.29, 1.82) is 0 Å². The van der Waals surface area contributed by atoms with Gasteiger partial charge in [-0.3, -0.25) is 4.90 Å². The number of hydrogen-bond donors (Lipinski definition) is 0. The van der Waals surface area contributed by atoms with Gasteiger partial charge in [-0.1, -0.05) is 30.4 Å². The minimum Gasteiger partial charge on any atom is -0.410 e. The van der Waals surface area contributed by atoms with E-state index in [2.05, 4.69) is 30.7 Å². The smallest absolute Gasteiger partial charge is 0.410 e. The summed E-state index contributed by atoms with van der Waals surface area (Å²) in [5.41, 5.74) is 0. The van der Waals surface area contributed by atoms with Crippen LogP contribution < -0.4 is 4.74 Å². The maximum Gasteiger partial charge on any atom is 0.415 e. The Labute approximate surface area is 162 Å². The highest BCUT2D eigenvalue weighted by Gasteiger charge is 2.26. The van der Waals surface area contributed by atoms with Crippen molar-refractivity contribution in [3.05, 3.63) is 29.3 Å². The molecule has 0 saturated heterocycles. The van der Waals surface area contributed by atoms with Crippen LogP contribution in [0.15, 0.2) is 24.3 Å². The molecule has 0 aromatic heterocycles. The number of nitrogens with zero attached hydrogens (tertiary/aromatic N) is 2. The Morgan fingerprint density at radius 2 is 1.85 bits per heavy atom. The number of amides is 1. The summed E-state index contributed by atoms with van der Waals surface area (Å²) in [5, 5.41) is 0.624. The number of ether oxygens (including phenoxy) is 1. The second kappa shape index (κ2) is 10.4. The first-order valence-corrected chi connectivity index (χ1v) is 9.74. The largest absolute Gasteiger partial charge is 0.415 e. The second-order valence-electron chi connectivity index (χ2n) is 7.00. The molecule has 26 heavy (non-hydrogen) atoms. The van der Waals surface area contributed by atoms with E-state index in [0.717, 1.165) is 45.2 Å². The topological polar surface area (TPSA) is 32.8 Å². The van der Waals surface area contributed by atoms with Gasteiger partial charge in [0.25, 0.3) is 0 Å². The van der Waals surface area contributed by atoms with Crippen molar-refractivity contribution in [2.75, 3.05) is 27.2 Å². The van der Waals surface area contributed by atoms with E-state index in [0.29, 0.717) is 16.7 Å². The SMILES string of the molecule is CCCN(C)CC#C[C@H]1CC[C@H](N(C)C(=O)Oc2ccc(Cl)cc2)CC1. The molecule has 5 heteroatoms. The predicted molar refractivity (Wildman–Crippen MR) is 107 cm³/mol. The average Bonchev–Trinajstić information content (AvgIpc) is 2.64. The van der Waals surface area contributed by atoms with Gasteiger partial charge in [0.05, 0.1) is 6.54 Å². The number of carbonyl (C=O) groups excluding carboxylic acids is 1. The summed E-state index contributed by atoms with van der Waals surface area (Å²) in [7, 11) is 3.92. The summed E-state index contributed by atoms with van der Waals surface area (Å²) in [6, 6.07) is 7.06. The predicted octanol–water partition coefficient (Wildman–Crippen LogP) is 4.67. The fourth-order valence-electron chi connectivity index (χ4n) is 3.22. The van der Waals surface area contributed by atoms with E-state index in [9.17, 15) is 4.79 Å². The van der Waals surface area contributed by atoms with Gasteiger partial charge in [-0.05, 0) is 70.0 Å². The van der Waals surface area contributed by atoms with Crippen LogP contribution in [0, 0.1) is 17.8 Å². The number of hydrogen-bond acceptors (Lipinski definition) is 3. The van der Waals surface area contributed by atoms with E-state index in [1.807, 2.05) is 7.05 Å². The Kier molecular flexibility index (Phi) is 8.28. The van der Waals surface area contributed by atoms with E-state index in [-0.39, 0.29) is 12.1 Å². The molecule has 1 aliphatic carbocycles. The van der Waals surface area contributed by atoms with Gasteiger partial charge in [0.2, 0.25) is 0 Å². The summed E-state index contributed by atoms with van der Waals surface area (Å²) >= 11 is 5.85. The molecule has 0 heterocycles. The van der Waals surface area contributed by atoms with Gasteiger partial charge in [-0.15, -0.1) is 0 Å².